The number of nitrogens with one attached hydrogen (secondary N) is 2. The predicted molar refractivity (Wildman–Crippen MR) is 126 cm³/mol. The maximum absolute atomic E-state index is 12.7. The summed E-state index contributed by atoms with van der Waals surface area (Å²) in [5.41, 5.74) is 2.96. The Labute approximate surface area is 192 Å². The van der Waals surface area contributed by atoms with Crippen molar-refractivity contribution in [1.29, 1.82) is 0 Å². The molecular formula is C24H29N5O4. The molecule has 3 amide bonds. The van der Waals surface area contributed by atoms with E-state index < -0.39 is 0 Å². The van der Waals surface area contributed by atoms with Crippen molar-refractivity contribution in [3.63, 3.8) is 0 Å². The van der Waals surface area contributed by atoms with Crippen molar-refractivity contribution in [2.45, 2.75) is 25.8 Å². The second-order valence-electron chi connectivity index (χ2n) is 7.94. The lowest BCUT2D eigenvalue weighted by molar-refractivity contribution is 0.0724. The number of likely N-dealkylation sites (tertiary alicyclic amines) is 1. The van der Waals surface area contributed by atoms with Crippen LogP contribution >= 0.6 is 0 Å². The van der Waals surface area contributed by atoms with Gasteiger partial charge in [0.2, 0.25) is 0 Å². The third-order valence-corrected chi connectivity index (χ3v) is 5.79. The largest absolute Gasteiger partial charge is 0.493 e. The minimum absolute atomic E-state index is 0.0691. The molecule has 1 aromatic heterocycles. The van der Waals surface area contributed by atoms with Crippen LogP contribution in [0.3, 0.4) is 0 Å². The molecule has 9 nitrogen and oxygen atoms in total. The Balaban J connectivity index is 1.33. The van der Waals surface area contributed by atoms with Gasteiger partial charge in [0, 0.05) is 43.5 Å². The van der Waals surface area contributed by atoms with Crippen LogP contribution in [-0.4, -0.2) is 60.2 Å². The molecule has 0 aliphatic carbocycles. The zero-order valence-corrected chi connectivity index (χ0v) is 19.0. The molecule has 3 aromatic rings. The highest BCUT2D eigenvalue weighted by atomic mass is 16.5. The molecule has 0 bridgehead atoms. The minimum Gasteiger partial charge on any atom is -0.493 e. The number of anilines is 1. The molecule has 1 aliphatic rings. The zero-order chi connectivity index (χ0) is 23.2. The van der Waals surface area contributed by atoms with Gasteiger partial charge < -0.3 is 29.6 Å². The number of ether oxygens (including phenoxy) is 2. The fourth-order valence-electron chi connectivity index (χ4n) is 4.03. The number of urea groups is 1. The van der Waals surface area contributed by atoms with Crippen molar-refractivity contribution < 1.29 is 19.1 Å². The monoisotopic (exact) mass is 451 g/mol. The van der Waals surface area contributed by atoms with E-state index in [0.29, 0.717) is 35.8 Å². The number of carbonyl (C=O) groups is 2. The van der Waals surface area contributed by atoms with Gasteiger partial charge in [-0.05, 0) is 49.6 Å². The molecular weight excluding hydrogens is 422 g/mol. The van der Waals surface area contributed by atoms with E-state index in [2.05, 4.69) is 15.6 Å². The molecule has 0 spiro atoms. The quantitative estimate of drug-likeness (QED) is 0.573. The van der Waals surface area contributed by atoms with E-state index in [0.717, 1.165) is 37.0 Å². The van der Waals surface area contributed by atoms with Gasteiger partial charge in [0.1, 0.15) is 0 Å². The molecule has 174 valence electrons. The molecule has 1 aliphatic heterocycles. The van der Waals surface area contributed by atoms with Gasteiger partial charge in [-0.1, -0.05) is 0 Å². The number of benzene rings is 2. The molecule has 0 atom stereocenters. The van der Waals surface area contributed by atoms with Gasteiger partial charge in [-0.3, -0.25) is 4.79 Å². The molecule has 2 heterocycles. The van der Waals surface area contributed by atoms with Gasteiger partial charge in [0.05, 0.1) is 31.6 Å². The Hall–Kier alpha value is -3.75. The van der Waals surface area contributed by atoms with E-state index in [1.807, 2.05) is 27.7 Å². The standard InChI is InChI=1S/C24H29N5O4/c1-32-21-9-7-18(15-22(21)33-2)27-24(31)25-10-13-29-16-26-19-14-17(6-8-20(19)29)23(30)28-11-4-3-5-12-28/h6-9,14-16H,3-5,10-13H2,1-2H3,(H2,25,27,31). The van der Waals surface area contributed by atoms with E-state index in [1.54, 1.807) is 38.7 Å². The molecule has 2 aromatic carbocycles. The number of aromatic nitrogens is 2. The summed E-state index contributed by atoms with van der Waals surface area (Å²) in [5.74, 6) is 1.20. The van der Waals surface area contributed by atoms with Crippen LogP contribution in [0.25, 0.3) is 11.0 Å². The Morgan fingerprint density at radius 2 is 1.79 bits per heavy atom. The maximum Gasteiger partial charge on any atom is 0.319 e. The van der Waals surface area contributed by atoms with Crippen LogP contribution in [0.15, 0.2) is 42.7 Å². The van der Waals surface area contributed by atoms with E-state index in [-0.39, 0.29) is 11.9 Å². The summed E-state index contributed by atoms with van der Waals surface area (Å²) in [6.45, 7) is 2.61. The number of hydrogen-bond acceptors (Lipinski definition) is 5. The van der Waals surface area contributed by atoms with E-state index in [1.165, 1.54) is 6.42 Å². The molecule has 0 radical (unpaired) electrons. The predicted octanol–water partition coefficient (Wildman–Crippen LogP) is 3.50. The van der Waals surface area contributed by atoms with Crippen LogP contribution in [0.5, 0.6) is 11.5 Å². The summed E-state index contributed by atoms with van der Waals surface area (Å²) in [6, 6.07) is 10.5. The SMILES string of the molecule is COc1ccc(NC(=O)NCCn2cnc3cc(C(=O)N4CCCCC4)ccc32)cc1OC. The van der Waals surface area contributed by atoms with Crippen molar-refractivity contribution in [2.75, 3.05) is 39.2 Å². The fourth-order valence-corrected chi connectivity index (χ4v) is 4.03. The highest BCUT2D eigenvalue weighted by Gasteiger charge is 2.19. The highest BCUT2D eigenvalue weighted by molar-refractivity contribution is 5.97. The van der Waals surface area contributed by atoms with E-state index in [4.69, 9.17) is 9.47 Å². The van der Waals surface area contributed by atoms with Gasteiger partial charge in [-0.2, -0.15) is 0 Å². The summed E-state index contributed by atoms with van der Waals surface area (Å²) < 4.78 is 12.4. The van der Waals surface area contributed by atoms with Crippen molar-refractivity contribution in [3.05, 3.63) is 48.3 Å². The van der Waals surface area contributed by atoms with Crippen LogP contribution in [0.2, 0.25) is 0 Å². The lowest BCUT2D eigenvalue weighted by Crippen LogP contribution is -2.35. The number of hydrogen-bond donors (Lipinski definition) is 2. The van der Waals surface area contributed by atoms with Gasteiger partial charge in [-0.15, -0.1) is 0 Å². The lowest BCUT2D eigenvalue weighted by Gasteiger charge is -2.26. The summed E-state index contributed by atoms with van der Waals surface area (Å²) in [6.07, 6.45) is 5.05. The second kappa shape index (κ2) is 10.2. The third-order valence-electron chi connectivity index (χ3n) is 5.79. The molecule has 1 saturated heterocycles. The van der Waals surface area contributed by atoms with E-state index >= 15 is 0 Å². The molecule has 0 unspecified atom stereocenters. The first kappa shape index (κ1) is 22.4. The van der Waals surface area contributed by atoms with Crippen LogP contribution in [-0.2, 0) is 6.54 Å². The first-order valence-corrected chi connectivity index (χ1v) is 11.1. The number of carbonyl (C=O) groups excluding carboxylic acids is 2. The minimum atomic E-state index is -0.318. The van der Waals surface area contributed by atoms with Crippen molar-refractivity contribution in [2.24, 2.45) is 0 Å². The van der Waals surface area contributed by atoms with Gasteiger partial charge in [0.25, 0.3) is 5.91 Å². The van der Waals surface area contributed by atoms with Crippen molar-refractivity contribution in [3.8, 4) is 11.5 Å². The van der Waals surface area contributed by atoms with Gasteiger partial charge >= 0.3 is 6.03 Å². The molecule has 2 N–H and O–H groups in total. The zero-order valence-electron chi connectivity index (χ0n) is 19.0. The number of rotatable bonds is 7. The Bertz CT molecular complexity index is 1140. The Kier molecular flexibility index (Phi) is 6.97. The smallest absolute Gasteiger partial charge is 0.319 e. The van der Waals surface area contributed by atoms with Crippen molar-refractivity contribution in [1.82, 2.24) is 19.8 Å². The van der Waals surface area contributed by atoms with Gasteiger partial charge in [-0.25, -0.2) is 9.78 Å². The number of imidazole rings is 1. The Morgan fingerprint density at radius 1 is 1.00 bits per heavy atom. The second-order valence-corrected chi connectivity index (χ2v) is 7.94. The van der Waals surface area contributed by atoms with E-state index in [9.17, 15) is 9.59 Å². The van der Waals surface area contributed by atoms with Crippen molar-refractivity contribution >= 4 is 28.7 Å². The maximum atomic E-state index is 12.7. The third kappa shape index (κ3) is 5.19. The lowest BCUT2D eigenvalue weighted by atomic mass is 10.1. The number of amides is 3. The number of piperidine rings is 1. The topological polar surface area (TPSA) is 97.7 Å². The summed E-state index contributed by atoms with van der Waals surface area (Å²) >= 11 is 0. The normalized spacial score (nSPS) is 13.6. The molecule has 4 rings (SSSR count). The number of nitrogens with zero attached hydrogens (tertiary/aromatic N) is 3. The van der Waals surface area contributed by atoms with Crippen LogP contribution in [0.1, 0.15) is 29.6 Å². The number of fused-ring (bicyclic) bond motifs is 1. The molecule has 1 fully saturated rings. The number of methoxy groups -OCH3 is 2. The molecule has 0 saturated carbocycles. The first-order chi connectivity index (χ1) is 16.1. The Morgan fingerprint density at radius 3 is 2.55 bits per heavy atom. The summed E-state index contributed by atoms with van der Waals surface area (Å²) in [4.78, 5) is 31.4. The average Bonchev–Trinajstić information content (AvgIpc) is 3.26. The van der Waals surface area contributed by atoms with Gasteiger partial charge in [0.15, 0.2) is 11.5 Å². The highest BCUT2D eigenvalue weighted by Crippen LogP contribution is 2.29. The van der Waals surface area contributed by atoms with Crippen LogP contribution < -0.4 is 20.1 Å². The van der Waals surface area contributed by atoms with Crippen LogP contribution in [0.4, 0.5) is 10.5 Å². The summed E-state index contributed by atoms with van der Waals surface area (Å²) in [5, 5.41) is 5.62. The molecule has 33 heavy (non-hydrogen) atoms. The first-order valence-electron chi connectivity index (χ1n) is 11.1. The average molecular weight is 452 g/mol. The summed E-state index contributed by atoms with van der Waals surface area (Å²) in [7, 11) is 3.11. The van der Waals surface area contributed by atoms with Crippen LogP contribution in [0, 0.1) is 0 Å². The molecule has 9 heteroatoms. The fraction of sp³-hybridized carbons (Fsp3) is 0.375.